The zero-order valence-corrected chi connectivity index (χ0v) is 48.7. The van der Waals surface area contributed by atoms with Gasteiger partial charge in [0.25, 0.3) is 35.4 Å². The van der Waals surface area contributed by atoms with Gasteiger partial charge < -0.3 is 68.8 Å². The summed E-state index contributed by atoms with van der Waals surface area (Å²) in [4.78, 5) is 151. The highest BCUT2D eigenvalue weighted by Gasteiger charge is 2.70. The number of amides is 6. The summed E-state index contributed by atoms with van der Waals surface area (Å²) in [5.74, 6) is -4.53. The minimum Gasteiger partial charge on any atom is -0.465 e. The summed E-state index contributed by atoms with van der Waals surface area (Å²) in [6.07, 6.45) is 16.6. The number of esters is 2. The SMILES string of the molecule is COC(=O)c1c(C)[nH]c2c1[C@@]13C[C@@H]1CN(C(=O)/C=C/c1cc(NC(=O)c4nc(NC(=O)c5ccc(C(=O)Nc6cn(C)c(C(=O)Nc7cc(/C=C/C(=O)N8C[C@H]9C[C@@]9%10C8=CC(=O)c8[nH]c(C)c(C(=O)OC)c8%10)n(C)c7)n6)cc5)cn4C)cn1C)C3=CC2=O. The first kappa shape index (κ1) is 56.0. The van der Waals surface area contributed by atoms with Crippen molar-refractivity contribution in [1.29, 1.82) is 0 Å². The smallest absolute Gasteiger partial charge is 0.340 e. The molecule has 6 aliphatic rings. The van der Waals surface area contributed by atoms with Gasteiger partial charge in [0.05, 0.1) is 48.1 Å². The molecule has 2 aliphatic heterocycles. The Hall–Kier alpha value is -11.2. The van der Waals surface area contributed by atoms with E-state index in [0.29, 0.717) is 105 Å². The van der Waals surface area contributed by atoms with Crippen LogP contribution in [0.15, 0.2) is 96.9 Å². The highest BCUT2D eigenvalue weighted by Crippen LogP contribution is 2.69. The molecule has 2 saturated heterocycles. The van der Waals surface area contributed by atoms with Crippen LogP contribution in [0.1, 0.15) is 130 Å². The van der Waals surface area contributed by atoms with E-state index in [1.54, 1.807) is 97.7 Å². The number of fused-ring (bicyclic) bond motifs is 2. The number of methoxy groups -OCH3 is 2. The molecule has 0 radical (unpaired) electrons. The van der Waals surface area contributed by atoms with Gasteiger partial charge in [0.15, 0.2) is 11.6 Å². The molecule has 6 aromatic heterocycles. The number of likely N-dealkylation sites (tertiary alicyclic amines) is 2. The molecule has 26 nitrogen and oxygen atoms in total. The molecule has 88 heavy (non-hydrogen) atoms. The number of piperidine rings is 2. The first-order chi connectivity index (χ1) is 42.0. The van der Waals surface area contributed by atoms with Crippen molar-refractivity contribution in [3.8, 4) is 0 Å². The van der Waals surface area contributed by atoms with Crippen LogP contribution in [0.3, 0.4) is 0 Å². The number of allylic oxidation sites excluding steroid dienone is 4. The summed E-state index contributed by atoms with van der Waals surface area (Å²) >= 11 is 0. The van der Waals surface area contributed by atoms with Crippen LogP contribution in [-0.2, 0) is 58.1 Å². The van der Waals surface area contributed by atoms with Gasteiger partial charge in [0.2, 0.25) is 23.2 Å². The first-order valence-corrected chi connectivity index (χ1v) is 27.9. The van der Waals surface area contributed by atoms with Crippen molar-refractivity contribution in [2.24, 2.45) is 40.0 Å². The Morgan fingerprint density at radius 3 is 1.32 bits per heavy atom. The second-order valence-corrected chi connectivity index (χ2v) is 22.9. The maximum absolute atomic E-state index is 13.7. The molecule has 13 rings (SSSR count). The Labute approximate surface area is 499 Å². The fourth-order valence-electron chi connectivity index (χ4n) is 13.3. The van der Waals surface area contributed by atoms with E-state index in [4.69, 9.17) is 9.47 Å². The van der Waals surface area contributed by atoms with Crippen LogP contribution in [0.4, 0.5) is 23.0 Å². The van der Waals surface area contributed by atoms with E-state index < -0.39 is 46.4 Å². The third kappa shape index (κ3) is 8.84. The van der Waals surface area contributed by atoms with Crippen LogP contribution in [-0.4, -0.2) is 134 Å². The van der Waals surface area contributed by atoms with Crippen LogP contribution in [0.2, 0.25) is 0 Å². The van der Waals surface area contributed by atoms with E-state index in [1.807, 2.05) is 0 Å². The zero-order chi connectivity index (χ0) is 62.2. The maximum atomic E-state index is 13.7. The van der Waals surface area contributed by atoms with Gasteiger partial charge in [0.1, 0.15) is 0 Å². The van der Waals surface area contributed by atoms with Crippen molar-refractivity contribution < 1.29 is 57.4 Å². The van der Waals surface area contributed by atoms with Gasteiger partial charge in [0, 0.05) is 158 Å². The monoisotopic (exact) mass is 1190 g/mol. The second kappa shape index (κ2) is 20.2. The standard InChI is InChI=1S/C62H56N14O12/c1-29-47(59(85)87-7)49-51(63-29)39(77)19-41-61(49)21-33(61)23-75(41)45(79)15-13-37-17-35(25-71(37)3)65-57(83)53-67-43(27-73(53)5)69-55(81)31-9-11-32(12-10-31)56(82)70-44-28-74(6)54(68-44)58(84)66-36-18-38(72(4)26-36)14-16-46(80)76-24-34-22-62(34)42(76)20-40(78)52-50(62)48(30(2)64-52)60(86)88-8/h9-20,25-28,33-34,63-64H,21-24H2,1-8H3,(H,65,83)(H,66,84)(H,69,81)(H,70,82)/b15-13+,16-14+/t33-,34-,61+,62+/m1/s1. The number of imidazole rings is 2. The Bertz CT molecular complexity index is 4190. The van der Waals surface area contributed by atoms with Crippen molar-refractivity contribution in [1.82, 2.24) is 48.0 Å². The minimum absolute atomic E-state index is 0.0217. The van der Waals surface area contributed by atoms with E-state index in [-0.39, 0.29) is 69.6 Å². The molecule has 4 aliphatic carbocycles. The number of benzene rings is 1. The van der Waals surface area contributed by atoms with Crippen molar-refractivity contribution in [2.75, 3.05) is 48.6 Å². The number of nitrogens with zero attached hydrogens (tertiary/aromatic N) is 8. The third-order valence-electron chi connectivity index (χ3n) is 17.6. The molecular formula is C62H56N14O12. The number of aromatic nitrogens is 8. The molecule has 1 aromatic carbocycles. The summed E-state index contributed by atoms with van der Waals surface area (Å²) in [5.41, 5.74) is 5.82. The molecule has 4 atom stereocenters. The Balaban J connectivity index is 0.590. The van der Waals surface area contributed by atoms with E-state index >= 15 is 0 Å². The molecule has 2 spiro atoms. The third-order valence-corrected chi connectivity index (χ3v) is 17.6. The molecule has 2 saturated carbocycles. The average Bonchev–Trinajstić information content (AvgIpc) is 1.51. The maximum Gasteiger partial charge on any atom is 0.340 e. The van der Waals surface area contributed by atoms with Gasteiger partial charge >= 0.3 is 11.9 Å². The van der Waals surface area contributed by atoms with Crippen LogP contribution in [0.5, 0.6) is 0 Å². The number of rotatable bonds is 14. The summed E-state index contributed by atoms with van der Waals surface area (Å²) in [7, 11) is 9.25. The van der Waals surface area contributed by atoms with Gasteiger partial charge in [-0.15, -0.1) is 0 Å². The number of hydrogen-bond acceptors (Lipinski definition) is 14. The predicted molar refractivity (Wildman–Crippen MR) is 315 cm³/mol. The van der Waals surface area contributed by atoms with Gasteiger partial charge in [-0.1, -0.05) is 0 Å². The summed E-state index contributed by atoms with van der Waals surface area (Å²) in [6.45, 7) is 4.20. The number of carbonyl (C=O) groups is 10. The van der Waals surface area contributed by atoms with Crippen molar-refractivity contribution >= 4 is 94.1 Å². The van der Waals surface area contributed by atoms with Gasteiger partial charge in [-0.05, 0) is 87.1 Å². The van der Waals surface area contributed by atoms with Crippen molar-refractivity contribution in [3.05, 3.63) is 176 Å². The first-order valence-electron chi connectivity index (χ1n) is 27.9. The average molecular weight is 1190 g/mol. The second-order valence-electron chi connectivity index (χ2n) is 22.9. The number of anilines is 4. The fraction of sp³-hybridized carbons (Fsp3) is 0.258. The van der Waals surface area contributed by atoms with Gasteiger partial charge in [-0.25, -0.2) is 19.6 Å². The highest BCUT2D eigenvalue weighted by atomic mass is 16.5. The molecule has 26 heteroatoms. The molecule has 8 heterocycles. The quantitative estimate of drug-likeness (QED) is 0.0581. The number of ether oxygens (including phenoxy) is 2. The highest BCUT2D eigenvalue weighted by molar-refractivity contribution is 6.14. The number of H-pyrrole nitrogens is 2. The van der Waals surface area contributed by atoms with Crippen molar-refractivity contribution in [2.45, 2.75) is 37.5 Å². The molecule has 7 aromatic rings. The van der Waals surface area contributed by atoms with Crippen LogP contribution >= 0.6 is 0 Å². The van der Waals surface area contributed by atoms with E-state index in [1.165, 1.54) is 84.3 Å². The molecule has 6 N–H and O–H groups in total. The lowest BCUT2D eigenvalue weighted by atomic mass is 9.82. The van der Waals surface area contributed by atoms with Crippen LogP contribution in [0, 0.1) is 25.7 Å². The minimum atomic E-state index is -0.629. The number of carbonyl (C=O) groups excluding carboxylic acids is 10. The molecule has 0 unspecified atom stereocenters. The normalized spacial score (nSPS) is 19.9. The summed E-state index contributed by atoms with van der Waals surface area (Å²) in [5, 5.41) is 11.0. The van der Waals surface area contributed by atoms with E-state index in [0.717, 1.165) is 0 Å². The van der Waals surface area contributed by atoms with Crippen molar-refractivity contribution in [3.63, 3.8) is 0 Å². The van der Waals surface area contributed by atoms with Crippen LogP contribution in [0.25, 0.3) is 12.2 Å². The lowest BCUT2D eigenvalue weighted by Crippen LogP contribution is -2.33. The number of aryl methyl sites for hydroxylation is 6. The Morgan fingerprint density at radius 1 is 0.557 bits per heavy atom. The summed E-state index contributed by atoms with van der Waals surface area (Å²) < 4.78 is 16.4. The number of aromatic amines is 2. The predicted octanol–water partition coefficient (Wildman–Crippen LogP) is 5.47. The van der Waals surface area contributed by atoms with E-state index in [2.05, 4.69) is 41.2 Å². The zero-order valence-electron chi connectivity index (χ0n) is 48.7. The molecular weight excluding hydrogens is 1130 g/mol. The Kier molecular flexibility index (Phi) is 12.9. The number of hydrogen-bond donors (Lipinski definition) is 6. The molecule has 4 fully saturated rings. The number of ketones is 2. The topological polar surface area (TPSA) is 321 Å². The lowest BCUT2D eigenvalue weighted by molar-refractivity contribution is -0.124. The molecule has 0 bridgehead atoms. The lowest BCUT2D eigenvalue weighted by Gasteiger charge is -2.27. The van der Waals surface area contributed by atoms with Crippen LogP contribution < -0.4 is 21.3 Å². The Morgan fingerprint density at radius 2 is 0.943 bits per heavy atom. The summed E-state index contributed by atoms with van der Waals surface area (Å²) in [6, 6.07) is 9.09. The molecule has 6 amide bonds. The van der Waals surface area contributed by atoms with E-state index in [9.17, 15) is 47.9 Å². The molecule has 446 valence electrons. The van der Waals surface area contributed by atoms with Gasteiger partial charge in [-0.3, -0.25) is 38.4 Å². The number of nitrogens with one attached hydrogen (secondary N) is 6. The van der Waals surface area contributed by atoms with Gasteiger partial charge in [-0.2, -0.15) is 0 Å². The largest absolute Gasteiger partial charge is 0.465 e. The fourth-order valence-corrected chi connectivity index (χ4v) is 13.3.